The van der Waals surface area contributed by atoms with Crippen LogP contribution in [0.1, 0.15) is 149 Å². The predicted octanol–water partition coefficient (Wildman–Crippen LogP) is 5.27. The molecule has 0 saturated carbocycles. The summed E-state index contributed by atoms with van der Waals surface area (Å²) in [6.07, 6.45) is 22.4. The van der Waals surface area contributed by atoms with Crippen LogP contribution in [0.4, 0.5) is 0 Å². The Bertz CT molecular complexity index is 945. The summed E-state index contributed by atoms with van der Waals surface area (Å²) in [5.41, 5.74) is 0. The van der Waals surface area contributed by atoms with Gasteiger partial charge in [0.25, 0.3) is 0 Å². The minimum absolute atomic E-state index is 0.164. The number of aliphatic hydroxyl groups is 7. The lowest BCUT2D eigenvalue weighted by Crippen LogP contribution is -2.60. The molecule has 1 amide bonds. The van der Waals surface area contributed by atoms with Crippen LogP contribution in [0.15, 0.2) is 36.5 Å². The average Bonchev–Trinajstić information content (AvgIpc) is 3.14. The first-order valence-corrected chi connectivity index (χ1v) is 20.4. The van der Waals surface area contributed by atoms with Gasteiger partial charge >= 0.3 is 0 Å². The predicted molar refractivity (Wildman–Crippen MR) is 205 cm³/mol. The molecule has 1 saturated heterocycles. The first-order valence-electron chi connectivity index (χ1n) is 20.4. The second-order valence-electron chi connectivity index (χ2n) is 14.3. The third-order valence-electron chi connectivity index (χ3n) is 9.65. The molecule has 1 rings (SSSR count). The quantitative estimate of drug-likeness (QED) is 0.0333. The Hall–Kier alpha value is -1.67. The zero-order valence-electron chi connectivity index (χ0n) is 32.3. The van der Waals surface area contributed by atoms with Crippen LogP contribution in [0, 0.1) is 0 Å². The van der Waals surface area contributed by atoms with Crippen molar-refractivity contribution in [2.75, 3.05) is 13.2 Å². The lowest BCUT2D eigenvalue weighted by atomic mass is 9.99. The molecule has 0 aromatic rings. The lowest BCUT2D eigenvalue weighted by Gasteiger charge is -2.40. The summed E-state index contributed by atoms with van der Waals surface area (Å²) in [4.78, 5) is 12.9. The monoisotopic (exact) mass is 742 g/mol. The van der Waals surface area contributed by atoms with Crippen molar-refractivity contribution in [1.29, 1.82) is 0 Å². The second-order valence-corrected chi connectivity index (χ2v) is 14.3. The number of hydrogen-bond acceptors (Lipinski definition) is 10. The summed E-state index contributed by atoms with van der Waals surface area (Å²) < 4.78 is 11.0. The summed E-state index contributed by atoms with van der Waals surface area (Å²) >= 11 is 0. The maximum absolute atomic E-state index is 12.9. The molecule has 1 fully saturated rings. The largest absolute Gasteiger partial charge is 0.394 e. The number of rotatable bonds is 32. The molecule has 0 bridgehead atoms. The molecule has 304 valence electrons. The zero-order valence-corrected chi connectivity index (χ0v) is 32.3. The molecule has 0 spiro atoms. The lowest BCUT2D eigenvalue weighted by molar-refractivity contribution is -0.303. The topological polar surface area (TPSA) is 189 Å². The summed E-state index contributed by atoms with van der Waals surface area (Å²) in [6.45, 7) is 3.31. The molecule has 0 radical (unpaired) electrons. The minimum atomic E-state index is -1.67. The third-order valence-corrected chi connectivity index (χ3v) is 9.65. The van der Waals surface area contributed by atoms with Gasteiger partial charge in [-0.3, -0.25) is 4.79 Å². The van der Waals surface area contributed by atoms with Crippen molar-refractivity contribution in [2.24, 2.45) is 0 Å². The molecular weight excluding hydrogens is 666 g/mol. The van der Waals surface area contributed by atoms with E-state index < -0.39 is 74.2 Å². The van der Waals surface area contributed by atoms with Crippen molar-refractivity contribution in [3.8, 4) is 0 Å². The van der Waals surface area contributed by atoms with Gasteiger partial charge in [-0.25, -0.2) is 0 Å². The number of nitrogens with one attached hydrogen (secondary N) is 1. The van der Waals surface area contributed by atoms with Crippen LogP contribution in [0.3, 0.4) is 0 Å². The van der Waals surface area contributed by atoms with Gasteiger partial charge in [-0.2, -0.15) is 0 Å². The van der Waals surface area contributed by atoms with Crippen LogP contribution in [0.2, 0.25) is 0 Å². The average molecular weight is 742 g/mol. The van der Waals surface area contributed by atoms with Crippen LogP contribution in [-0.2, 0) is 14.3 Å². The van der Waals surface area contributed by atoms with Crippen molar-refractivity contribution in [3.63, 3.8) is 0 Å². The minimum Gasteiger partial charge on any atom is -0.394 e. The highest BCUT2D eigenvalue weighted by Crippen LogP contribution is 2.23. The van der Waals surface area contributed by atoms with Crippen LogP contribution < -0.4 is 5.32 Å². The highest BCUT2D eigenvalue weighted by atomic mass is 16.7. The maximum atomic E-state index is 12.9. The van der Waals surface area contributed by atoms with E-state index in [1.165, 1.54) is 70.6 Å². The SMILES string of the molecule is CCCCCC/C=C\CCC(O)C(=O)NC(COC1OC(CO)C(O)C(O)C1O)C(O)C(O)CCC/C=C/CC/C=C/CCCCCCCCCC. The molecule has 1 heterocycles. The normalized spacial score (nSPS) is 23.4. The van der Waals surface area contributed by atoms with Gasteiger partial charge in [0, 0.05) is 0 Å². The Morgan fingerprint density at radius 1 is 0.654 bits per heavy atom. The van der Waals surface area contributed by atoms with Gasteiger partial charge in [0.2, 0.25) is 5.91 Å². The van der Waals surface area contributed by atoms with Crippen LogP contribution in [0.25, 0.3) is 0 Å². The fourth-order valence-electron chi connectivity index (χ4n) is 6.16. The number of ether oxygens (including phenoxy) is 2. The molecule has 1 aliphatic heterocycles. The fraction of sp³-hybridized carbons (Fsp3) is 0.829. The van der Waals surface area contributed by atoms with E-state index in [9.17, 15) is 40.5 Å². The van der Waals surface area contributed by atoms with E-state index in [1.54, 1.807) is 0 Å². The Morgan fingerprint density at radius 3 is 1.73 bits per heavy atom. The Balaban J connectivity index is 2.56. The number of aliphatic hydroxyl groups excluding tert-OH is 7. The molecule has 0 aromatic heterocycles. The molecule has 0 aromatic carbocycles. The van der Waals surface area contributed by atoms with Gasteiger partial charge in [0.05, 0.1) is 25.4 Å². The summed E-state index contributed by atoms with van der Waals surface area (Å²) in [7, 11) is 0. The van der Waals surface area contributed by atoms with Gasteiger partial charge in [0.15, 0.2) is 6.29 Å². The number of unbranched alkanes of at least 4 members (excludes halogenated alkanes) is 14. The highest BCUT2D eigenvalue weighted by Gasteiger charge is 2.44. The van der Waals surface area contributed by atoms with Crippen molar-refractivity contribution < 1.29 is 50.0 Å². The van der Waals surface area contributed by atoms with Crippen LogP contribution in [-0.4, -0.2) is 110 Å². The second kappa shape index (κ2) is 31.7. The van der Waals surface area contributed by atoms with Crippen molar-refractivity contribution in [3.05, 3.63) is 36.5 Å². The zero-order chi connectivity index (χ0) is 38.4. The molecule has 1 aliphatic rings. The molecule has 9 atom stereocenters. The first-order chi connectivity index (χ1) is 25.2. The van der Waals surface area contributed by atoms with E-state index >= 15 is 0 Å². The Morgan fingerprint density at radius 2 is 1.15 bits per heavy atom. The summed E-state index contributed by atoms with van der Waals surface area (Å²) in [5.74, 6) is -0.750. The van der Waals surface area contributed by atoms with E-state index in [4.69, 9.17) is 9.47 Å². The van der Waals surface area contributed by atoms with Crippen LogP contribution in [0.5, 0.6) is 0 Å². The highest BCUT2D eigenvalue weighted by molar-refractivity contribution is 5.80. The molecule has 0 aliphatic carbocycles. The molecular formula is C41H75NO10. The van der Waals surface area contributed by atoms with E-state index in [0.717, 1.165) is 32.1 Å². The van der Waals surface area contributed by atoms with Crippen molar-refractivity contribution in [2.45, 2.75) is 204 Å². The van der Waals surface area contributed by atoms with E-state index in [2.05, 4.69) is 43.5 Å². The number of carbonyl (C=O) groups is 1. The van der Waals surface area contributed by atoms with Crippen molar-refractivity contribution in [1.82, 2.24) is 5.32 Å². The third kappa shape index (κ3) is 21.9. The molecule has 9 unspecified atom stereocenters. The number of allylic oxidation sites excluding steroid dienone is 6. The van der Waals surface area contributed by atoms with Gasteiger partial charge in [-0.15, -0.1) is 0 Å². The molecule has 11 nitrogen and oxygen atoms in total. The Kier molecular flexibility index (Phi) is 29.4. The first kappa shape index (κ1) is 48.3. The molecule has 52 heavy (non-hydrogen) atoms. The van der Waals surface area contributed by atoms with Gasteiger partial charge < -0.3 is 50.5 Å². The van der Waals surface area contributed by atoms with Gasteiger partial charge in [-0.1, -0.05) is 115 Å². The Labute approximate surface area is 314 Å². The molecule has 8 N–H and O–H groups in total. The van der Waals surface area contributed by atoms with E-state index in [0.29, 0.717) is 19.3 Å². The summed E-state index contributed by atoms with van der Waals surface area (Å²) in [6, 6.07) is -1.20. The van der Waals surface area contributed by atoms with Gasteiger partial charge in [-0.05, 0) is 70.6 Å². The number of carbonyl (C=O) groups excluding carboxylic acids is 1. The maximum Gasteiger partial charge on any atom is 0.249 e. The number of amides is 1. The smallest absolute Gasteiger partial charge is 0.249 e. The number of hydrogen-bond donors (Lipinski definition) is 8. The fourth-order valence-corrected chi connectivity index (χ4v) is 6.16. The van der Waals surface area contributed by atoms with E-state index in [1.807, 2.05) is 12.2 Å². The standard InChI is InChI=1S/C41H75NO10/c1-3-5-7-9-11-13-14-15-16-17-18-19-20-21-23-24-26-28-33(44)36(46)32(31-51-41-39(49)38(48)37(47)35(30-43)52-41)42-40(50)34(45)29-27-25-22-12-10-8-6-4-2/h17-18,21-23,25,32-39,41,43-49H,3-16,19-20,24,26-31H2,1-2H3,(H,42,50)/b18-17+,23-21+,25-22-. The van der Waals surface area contributed by atoms with Gasteiger partial charge in [0.1, 0.15) is 36.6 Å². The summed E-state index contributed by atoms with van der Waals surface area (Å²) in [5, 5.41) is 75.0. The molecule has 11 heteroatoms. The van der Waals surface area contributed by atoms with Crippen LogP contribution >= 0.6 is 0 Å². The van der Waals surface area contributed by atoms with Crippen molar-refractivity contribution >= 4 is 5.91 Å². The van der Waals surface area contributed by atoms with E-state index in [-0.39, 0.29) is 12.8 Å².